The first kappa shape index (κ1) is 18.1. The number of carbonyl (C=O) groups is 1. The molecule has 21 heavy (non-hydrogen) atoms. The van der Waals surface area contributed by atoms with E-state index in [1.165, 1.54) is 23.9 Å². The monoisotopic (exact) mass is 333 g/mol. The summed E-state index contributed by atoms with van der Waals surface area (Å²) < 4.78 is 18.6. The maximum absolute atomic E-state index is 13.3. The van der Waals surface area contributed by atoms with Crippen molar-refractivity contribution in [1.82, 2.24) is 0 Å². The van der Waals surface area contributed by atoms with Crippen molar-refractivity contribution in [2.75, 3.05) is 12.3 Å². The smallest absolute Gasteiger partial charge is 0.319 e. The van der Waals surface area contributed by atoms with Crippen LogP contribution in [0.5, 0.6) is 0 Å². The molecule has 0 aliphatic carbocycles. The van der Waals surface area contributed by atoms with E-state index in [0.717, 1.165) is 12.8 Å². The largest absolute Gasteiger partial charge is 0.465 e. The Morgan fingerprint density at radius 3 is 2.71 bits per heavy atom. The second kappa shape index (κ2) is 8.49. The van der Waals surface area contributed by atoms with E-state index in [4.69, 9.17) is 22.1 Å². The fraction of sp³-hybridized carbons (Fsp3) is 0.533. The molecule has 6 heteroatoms. The minimum atomic E-state index is -0.559. The molecular formula is C15H21ClFNO2S. The van der Waals surface area contributed by atoms with Gasteiger partial charge in [0.25, 0.3) is 0 Å². The van der Waals surface area contributed by atoms with Crippen molar-refractivity contribution in [3.63, 3.8) is 0 Å². The van der Waals surface area contributed by atoms with Gasteiger partial charge >= 0.3 is 5.97 Å². The SMILES string of the molecule is CCCCOC(=O)C(Sc1cc(N)c(F)cc1Cl)C(C)C. The first-order valence-corrected chi connectivity index (χ1v) is 8.20. The van der Waals surface area contributed by atoms with Crippen LogP contribution in [0, 0.1) is 11.7 Å². The number of ether oxygens (including phenoxy) is 1. The lowest BCUT2D eigenvalue weighted by Gasteiger charge is -2.19. The van der Waals surface area contributed by atoms with Gasteiger partial charge in [0, 0.05) is 4.90 Å². The first-order valence-electron chi connectivity index (χ1n) is 6.94. The van der Waals surface area contributed by atoms with Crippen LogP contribution < -0.4 is 5.73 Å². The molecule has 0 aromatic heterocycles. The number of nitrogen functional groups attached to an aromatic ring is 1. The summed E-state index contributed by atoms with van der Waals surface area (Å²) in [5.74, 6) is -0.773. The zero-order chi connectivity index (χ0) is 16.0. The highest BCUT2D eigenvalue weighted by Gasteiger charge is 2.26. The molecule has 118 valence electrons. The molecule has 0 spiro atoms. The summed E-state index contributed by atoms with van der Waals surface area (Å²) >= 11 is 7.27. The molecule has 1 unspecified atom stereocenters. The Morgan fingerprint density at radius 1 is 1.48 bits per heavy atom. The van der Waals surface area contributed by atoms with E-state index in [-0.39, 0.29) is 22.6 Å². The average Bonchev–Trinajstić information content (AvgIpc) is 2.41. The Hall–Kier alpha value is -0.940. The molecule has 0 aliphatic rings. The van der Waals surface area contributed by atoms with Gasteiger partial charge in [-0.25, -0.2) is 4.39 Å². The minimum Gasteiger partial charge on any atom is -0.465 e. The molecule has 0 saturated heterocycles. The number of rotatable bonds is 7. The third-order valence-corrected chi connectivity index (χ3v) is 4.89. The third kappa shape index (κ3) is 5.40. The Kier molecular flexibility index (Phi) is 7.32. The number of unbranched alkanes of at least 4 members (excludes halogenated alkanes) is 1. The van der Waals surface area contributed by atoms with Crippen molar-refractivity contribution >= 4 is 35.0 Å². The number of anilines is 1. The fourth-order valence-electron chi connectivity index (χ4n) is 1.63. The normalized spacial score (nSPS) is 12.5. The molecule has 0 radical (unpaired) electrons. The van der Waals surface area contributed by atoms with Gasteiger partial charge in [-0.2, -0.15) is 0 Å². The lowest BCUT2D eigenvalue weighted by molar-refractivity contribution is -0.143. The maximum Gasteiger partial charge on any atom is 0.319 e. The number of hydrogen-bond donors (Lipinski definition) is 1. The summed E-state index contributed by atoms with van der Waals surface area (Å²) in [5, 5.41) is -0.150. The van der Waals surface area contributed by atoms with E-state index in [1.807, 2.05) is 20.8 Å². The lowest BCUT2D eigenvalue weighted by atomic mass is 10.1. The molecular weight excluding hydrogens is 313 g/mol. The molecule has 0 aliphatic heterocycles. The topological polar surface area (TPSA) is 52.3 Å². The molecule has 0 amide bonds. The minimum absolute atomic E-state index is 0.0174. The van der Waals surface area contributed by atoms with Crippen LogP contribution in [0.1, 0.15) is 33.6 Å². The first-order chi connectivity index (χ1) is 9.86. The highest BCUT2D eigenvalue weighted by molar-refractivity contribution is 8.00. The Balaban J connectivity index is 2.83. The summed E-state index contributed by atoms with van der Waals surface area (Å²) in [6.07, 6.45) is 1.80. The summed E-state index contributed by atoms with van der Waals surface area (Å²) in [6, 6.07) is 2.62. The van der Waals surface area contributed by atoms with E-state index in [1.54, 1.807) is 0 Å². The molecule has 1 aromatic rings. The van der Waals surface area contributed by atoms with Gasteiger partial charge < -0.3 is 10.5 Å². The van der Waals surface area contributed by atoms with Crippen LogP contribution in [0.4, 0.5) is 10.1 Å². The van der Waals surface area contributed by atoms with Crippen LogP contribution >= 0.6 is 23.4 Å². The highest BCUT2D eigenvalue weighted by atomic mass is 35.5. The van der Waals surface area contributed by atoms with Gasteiger partial charge in [-0.1, -0.05) is 38.8 Å². The van der Waals surface area contributed by atoms with E-state index < -0.39 is 11.1 Å². The number of halogens is 2. The number of esters is 1. The summed E-state index contributed by atoms with van der Waals surface area (Å²) in [7, 11) is 0. The third-order valence-electron chi connectivity index (χ3n) is 2.89. The molecule has 1 rings (SSSR count). The number of benzene rings is 1. The fourth-order valence-corrected chi connectivity index (χ4v) is 2.99. The van der Waals surface area contributed by atoms with E-state index in [0.29, 0.717) is 11.5 Å². The van der Waals surface area contributed by atoms with Crippen molar-refractivity contribution in [2.45, 2.75) is 43.8 Å². The van der Waals surface area contributed by atoms with Gasteiger partial charge in [-0.3, -0.25) is 4.79 Å². The molecule has 0 fully saturated rings. The van der Waals surface area contributed by atoms with Gasteiger partial charge in [0.15, 0.2) is 0 Å². The maximum atomic E-state index is 13.3. The quantitative estimate of drug-likeness (QED) is 0.345. The van der Waals surface area contributed by atoms with Gasteiger partial charge in [-0.05, 0) is 24.5 Å². The lowest BCUT2D eigenvalue weighted by Crippen LogP contribution is -2.26. The second-order valence-corrected chi connectivity index (χ2v) is 6.70. The van der Waals surface area contributed by atoms with Crippen LogP contribution in [0.2, 0.25) is 5.02 Å². The number of carbonyl (C=O) groups excluding carboxylic acids is 1. The molecule has 2 N–H and O–H groups in total. The molecule has 0 bridgehead atoms. The molecule has 1 aromatic carbocycles. The van der Waals surface area contributed by atoms with Gasteiger partial charge in [0.05, 0.1) is 17.3 Å². The van der Waals surface area contributed by atoms with E-state index >= 15 is 0 Å². The van der Waals surface area contributed by atoms with Gasteiger partial charge in [-0.15, -0.1) is 11.8 Å². The van der Waals surface area contributed by atoms with Crippen molar-refractivity contribution in [3.8, 4) is 0 Å². The van der Waals surface area contributed by atoms with Crippen molar-refractivity contribution in [3.05, 3.63) is 23.0 Å². The zero-order valence-corrected chi connectivity index (χ0v) is 14.1. The van der Waals surface area contributed by atoms with Gasteiger partial charge in [0.2, 0.25) is 0 Å². The van der Waals surface area contributed by atoms with Crippen LogP contribution in [-0.2, 0) is 9.53 Å². The standard InChI is InChI=1S/C15H21ClFNO2S/c1-4-5-6-20-15(19)14(9(2)3)21-13-8-12(18)11(17)7-10(13)16/h7-9,14H,4-6,18H2,1-3H3. The summed E-state index contributed by atoms with van der Waals surface area (Å²) in [5.41, 5.74) is 5.57. The van der Waals surface area contributed by atoms with Crippen LogP contribution in [0.15, 0.2) is 17.0 Å². The average molecular weight is 334 g/mol. The van der Waals surface area contributed by atoms with E-state index in [2.05, 4.69) is 0 Å². The van der Waals surface area contributed by atoms with Crippen molar-refractivity contribution in [2.24, 2.45) is 5.92 Å². The zero-order valence-electron chi connectivity index (χ0n) is 12.5. The predicted octanol–water partition coefficient (Wildman–Crippen LogP) is 4.52. The number of nitrogens with two attached hydrogens (primary N) is 1. The molecule has 0 heterocycles. The Bertz CT molecular complexity index is 497. The van der Waals surface area contributed by atoms with Gasteiger partial charge in [0.1, 0.15) is 11.1 Å². The second-order valence-electron chi connectivity index (χ2n) is 5.11. The predicted molar refractivity (Wildman–Crippen MR) is 86.2 cm³/mol. The van der Waals surface area contributed by atoms with E-state index in [9.17, 15) is 9.18 Å². The van der Waals surface area contributed by atoms with Crippen molar-refractivity contribution in [1.29, 1.82) is 0 Å². The Morgan fingerprint density at radius 2 is 2.14 bits per heavy atom. The molecule has 0 saturated carbocycles. The Labute approximate surface area is 134 Å². The van der Waals surface area contributed by atoms with Crippen LogP contribution in [0.3, 0.4) is 0 Å². The van der Waals surface area contributed by atoms with Crippen LogP contribution in [0.25, 0.3) is 0 Å². The molecule has 1 atom stereocenters. The van der Waals surface area contributed by atoms with Crippen LogP contribution in [-0.4, -0.2) is 17.8 Å². The molecule has 3 nitrogen and oxygen atoms in total. The number of thioether (sulfide) groups is 1. The summed E-state index contributed by atoms with van der Waals surface area (Å²) in [6.45, 7) is 6.31. The van der Waals surface area contributed by atoms with Crippen molar-refractivity contribution < 1.29 is 13.9 Å². The summed E-state index contributed by atoms with van der Waals surface area (Å²) in [4.78, 5) is 12.7. The highest BCUT2D eigenvalue weighted by Crippen LogP contribution is 2.36. The number of hydrogen-bond acceptors (Lipinski definition) is 4.